The summed E-state index contributed by atoms with van der Waals surface area (Å²) in [6.45, 7) is -1.53. The third-order valence-electron chi connectivity index (χ3n) is 6.87. The fraction of sp³-hybridized carbons (Fsp3) is 0.346. The average Bonchev–Trinajstić information content (AvgIpc) is 3.43. The van der Waals surface area contributed by atoms with Gasteiger partial charge in [0.05, 0.1) is 17.1 Å². The minimum absolute atomic E-state index is 0.140. The first kappa shape index (κ1) is 22.0. The van der Waals surface area contributed by atoms with E-state index in [1.54, 1.807) is 42.7 Å². The summed E-state index contributed by atoms with van der Waals surface area (Å²) >= 11 is 0. The first-order chi connectivity index (χ1) is 17.1. The lowest BCUT2D eigenvalue weighted by molar-refractivity contribution is -0.0506. The third-order valence-corrected chi connectivity index (χ3v) is 6.87. The van der Waals surface area contributed by atoms with Crippen LogP contribution in [0.1, 0.15) is 48.4 Å². The van der Waals surface area contributed by atoms with E-state index >= 15 is 4.39 Å². The number of hydrogen-bond acceptors (Lipinski definition) is 5. The molecule has 180 valence electrons. The normalized spacial score (nSPS) is 18.3. The Morgan fingerprint density at radius 3 is 2.57 bits per heavy atom. The molecule has 6 nitrogen and oxygen atoms in total. The molecule has 0 radical (unpaired) electrons. The van der Waals surface area contributed by atoms with Crippen molar-refractivity contribution in [1.82, 2.24) is 19.5 Å². The van der Waals surface area contributed by atoms with Crippen LogP contribution in [-0.2, 0) is 11.2 Å². The molecule has 2 aliphatic rings. The fourth-order valence-corrected chi connectivity index (χ4v) is 5.20. The molecule has 0 unspecified atom stereocenters. The SMILES string of the molecule is Fc1cc2nc3n(c2cc1-c1cnc(C2CCOCC2)nc1)[C@@H](c1ccccc1OC(F)F)CC3. The minimum atomic E-state index is -2.92. The van der Waals surface area contributed by atoms with E-state index in [-0.39, 0.29) is 17.7 Å². The maximum absolute atomic E-state index is 15.1. The first-order valence-corrected chi connectivity index (χ1v) is 11.7. The van der Waals surface area contributed by atoms with Crippen molar-refractivity contribution in [3.8, 4) is 16.9 Å². The fourth-order valence-electron chi connectivity index (χ4n) is 5.20. The second-order valence-corrected chi connectivity index (χ2v) is 8.91. The average molecular weight is 480 g/mol. The number of rotatable bonds is 5. The molecule has 0 N–H and O–H groups in total. The highest BCUT2D eigenvalue weighted by molar-refractivity contribution is 5.83. The lowest BCUT2D eigenvalue weighted by Crippen LogP contribution is -2.16. The van der Waals surface area contributed by atoms with Crippen LogP contribution >= 0.6 is 0 Å². The predicted octanol–water partition coefficient (Wildman–Crippen LogP) is 5.66. The highest BCUT2D eigenvalue weighted by atomic mass is 19.3. The number of aromatic nitrogens is 4. The van der Waals surface area contributed by atoms with Crippen molar-refractivity contribution >= 4 is 11.0 Å². The van der Waals surface area contributed by atoms with Crippen molar-refractivity contribution in [2.45, 2.75) is 44.3 Å². The molecule has 4 aromatic rings. The van der Waals surface area contributed by atoms with Crippen LogP contribution in [0.15, 0.2) is 48.8 Å². The van der Waals surface area contributed by atoms with Crippen molar-refractivity contribution < 1.29 is 22.6 Å². The zero-order valence-corrected chi connectivity index (χ0v) is 18.8. The van der Waals surface area contributed by atoms with Gasteiger partial charge in [0.15, 0.2) is 0 Å². The van der Waals surface area contributed by atoms with Crippen molar-refractivity contribution in [3.63, 3.8) is 0 Å². The number of alkyl halides is 2. The Morgan fingerprint density at radius 1 is 1.03 bits per heavy atom. The number of hydrogen-bond donors (Lipinski definition) is 0. The summed E-state index contributed by atoms with van der Waals surface area (Å²) in [7, 11) is 0. The molecule has 2 aromatic carbocycles. The smallest absolute Gasteiger partial charge is 0.387 e. The zero-order valence-electron chi connectivity index (χ0n) is 18.8. The molecule has 1 saturated heterocycles. The van der Waals surface area contributed by atoms with Crippen LogP contribution in [0.3, 0.4) is 0 Å². The van der Waals surface area contributed by atoms with Gasteiger partial charge in [-0.2, -0.15) is 8.78 Å². The van der Waals surface area contributed by atoms with Gasteiger partial charge in [-0.1, -0.05) is 18.2 Å². The maximum atomic E-state index is 15.1. The summed E-state index contributed by atoms with van der Waals surface area (Å²) in [6, 6.07) is 9.73. The first-order valence-electron chi connectivity index (χ1n) is 11.7. The van der Waals surface area contributed by atoms with E-state index in [9.17, 15) is 8.78 Å². The molecule has 35 heavy (non-hydrogen) atoms. The highest BCUT2D eigenvalue weighted by Crippen LogP contribution is 2.41. The summed E-state index contributed by atoms with van der Waals surface area (Å²) in [4.78, 5) is 13.7. The van der Waals surface area contributed by atoms with E-state index in [2.05, 4.69) is 15.0 Å². The van der Waals surface area contributed by atoms with Crippen molar-refractivity contribution in [3.05, 3.63) is 71.8 Å². The Hall–Kier alpha value is -3.46. The number of benzene rings is 2. The number of halogens is 3. The van der Waals surface area contributed by atoms with Crippen molar-refractivity contribution in [2.24, 2.45) is 0 Å². The number of para-hydroxylation sites is 1. The van der Waals surface area contributed by atoms with Crippen LogP contribution in [-0.4, -0.2) is 39.3 Å². The van der Waals surface area contributed by atoms with E-state index in [0.717, 1.165) is 30.0 Å². The lowest BCUT2D eigenvalue weighted by Gasteiger charge is -2.20. The molecule has 9 heteroatoms. The highest BCUT2D eigenvalue weighted by Gasteiger charge is 2.30. The summed E-state index contributed by atoms with van der Waals surface area (Å²) in [5.41, 5.74) is 2.87. The van der Waals surface area contributed by atoms with Crippen molar-refractivity contribution in [1.29, 1.82) is 0 Å². The lowest BCUT2D eigenvalue weighted by atomic mass is 9.99. The zero-order chi connectivity index (χ0) is 23.9. The van der Waals surface area contributed by atoms with E-state index in [0.29, 0.717) is 48.3 Å². The van der Waals surface area contributed by atoms with Gasteiger partial charge in [0.1, 0.15) is 23.2 Å². The van der Waals surface area contributed by atoms with Crippen LogP contribution in [0, 0.1) is 5.82 Å². The maximum Gasteiger partial charge on any atom is 0.387 e. The summed E-state index contributed by atoms with van der Waals surface area (Å²) in [6.07, 6.45) is 6.42. The van der Waals surface area contributed by atoms with Gasteiger partial charge < -0.3 is 14.0 Å². The number of nitrogens with zero attached hydrogens (tertiary/aromatic N) is 4. The Labute approximate surface area is 199 Å². The van der Waals surface area contributed by atoms with E-state index < -0.39 is 12.4 Å². The molecule has 2 aliphatic heterocycles. The number of ether oxygens (including phenoxy) is 2. The molecule has 0 amide bonds. The molecule has 0 saturated carbocycles. The quantitative estimate of drug-likeness (QED) is 0.369. The standard InChI is InChI=1S/C26H23F3N4O2/c27-19-12-20-22(11-18(19)16-13-30-25(31-14-16)15-7-9-34-10-8-15)33-21(5-6-24(33)32-20)17-3-1-2-4-23(17)35-26(28)29/h1-4,11-15,21,26H,5-10H2/t21-/m1/s1. The second kappa shape index (κ2) is 8.96. The van der Waals surface area contributed by atoms with E-state index in [1.807, 2.05) is 4.57 Å². The van der Waals surface area contributed by atoms with Gasteiger partial charge in [0, 0.05) is 60.7 Å². The summed E-state index contributed by atoms with van der Waals surface area (Å²) in [5.74, 6) is 1.52. The number of aryl methyl sites for hydroxylation is 1. The van der Waals surface area contributed by atoms with Gasteiger partial charge in [-0.05, 0) is 31.4 Å². The van der Waals surface area contributed by atoms with Gasteiger partial charge in [0.2, 0.25) is 0 Å². The van der Waals surface area contributed by atoms with Gasteiger partial charge in [0.25, 0.3) is 0 Å². The topological polar surface area (TPSA) is 62.1 Å². The Kier molecular flexibility index (Phi) is 5.64. The van der Waals surface area contributed by atoms with Crippen LogP contribution in [0.5, 0.6) is 5.75 Å². The van der Waals surface area contributed by atoms with Gasteiger partial charge in [-0.15, -0.1) is 0 Å². The predicted molar refractivity (Wildman–Crippen MR) is 123 cm³/mol. The molecule has 1 atom stereocenters. The van der Waals surface area contributed by atoms with Crippen LogP contribution in [0.2, 0.25) is 0 Å². The van der Waals surface area contributed by atoms with E-state index in [4.69, 9.17) is 9.47 Å². The molecule has 0 aliphatic carbocycles. The van der Waals surface area contributed by atoms with Gasteiger partial charge >= 0.3 is 6.61 Å². The molecule has 6 rings (SSSR count). The monoisotopic (exact) mass is 480 g/mol. The molecule has 0 bridgehead atoms. The Balaban J connectivity index is 1.39. The minimum Gasteiger partial charge on any atom is -0.434 e. The van der Waals surface area contributed by atoms with E-state index in [1.165, 1.54) is 6.07 Å². The molecule has 4 heterocycles. The molecular formula is C26H23F3N4O2. The van der Waals surface area contributed by atoms with Crippen LogP contribution in [0.25, 0.3) is 22.2 Å². The largest absolute Gasteiger partial charge is 0.434 e. The van der Waals surface area contributed by atoms with Crippen LogP contribution in [0.4, 0.5) is 13.2 Å². The van der Waals surface area contributed by atoms with Crippen LogP contribution < -0.4 is 4.74 Å². The number of fused-ring (bicyclic) bond motifs is 3. The van der Waals surface area contributed by atoms with Gasteiger partial charge in [-0.25, -0.2) is 19.3 Å². The summed E-state index contributed by atoms with van der Waals surface area (Å²) in [5, 5.41) is 0. The number of imidazole rings is 1. The van der Waals surface area contributed by atoms with Crippen molar-refractivity contribution in [2.75, 3.05) is 13.2 Å². The molecule has 1 fully saturated rings. The Bertz CT molecular complexity index is 1370. The molecule has 2 aromatic heterocycles. The third kappa shape index (κ3) is 4.03. The molecule has 0 spiro atoms. The summed E-state index contributed by atoms with van der Waals surface area (Å²) < 4.78 is 53.3. The van der Waals surface area contributed by atoms with Gasteiger partial charge in [-0.3, -0.25) is 0 Å². The second-order valence-electron chi connectivity index (χ2n) is 8.91. The molecular weight excluding hydrogens is 457 g/mol. The Morgan fingerprint density at radius 2 is 1.80 bits per heavy atom.